The lowest BCUT2D eigenvalue weighted by atomic mass is 10.1. The molecule has 0 aliphatic heterocycles. The number of halogens is 3. The quantitative estimate of drug-likeness (QED) is 0.770. The van der Waals surface area contributed by atoms with Crippen LogP contribution in [0, 0.1) is 0 Å². The molecule has 0 saturated carbocycles. The normalized spacial score (nSPS) is 14.4. The molecule has 1 N–H and O–H groups in total. The van der Waals surface area contributed by atoms with E-state index in [4.69, 9.17) is 5.11 Å². The molecule has 1 unspecified atom stereocenters. The summed E-state index contributed by atoms with van der Waals surface area (Å²) in [5.41, 5.74) is 0.906. The first-order valence-electron chi connectivity index (χ1n) is 4.45. The first-order valence-corrected chi connectivity index (χ1v) is 4.45. The fourth-order valence-corrected chi connectivity index (χ4v) is 1.06. The third kappa shape index (κ3) is 4.16. The highest BCUT2D eigenvalue weighted by Gasteiger charge is 2.35. The average Bonchev–Trinajstić information content (AvgIpc) is 2.18. The molecule has 0 radical (unpaired) electrons. The minimum absolute atomic E-state index is 0.383. The summed E-state index contributed by atoms with van der Waals surface area (Å²) >= 11 is 0. The number of allylic oxidation sites excluding steroid dienone is 1. The number of aliphatic hydroxyl groups is 1. The second-order valence-electron chi connectivity index (χ2n) is 3.10. The van der Waals surface area contributed by atoms with Gasteiger partial charge in [0.25, 0.3) is 0 Å². The van der Waals surface area contributed by atoms with Gasteiger partial charge in [-0.15, -0.1) is 0 Å². The predicted molar refractivity (Wildman–Crippen MR) is 51.3 cm³/mol. The van der Waals surface area contributed by atoms with E-state index in [-0.39, 0.29) is 0 Å². The SMILES string of the molecule is OC(/C=C/Cc1ccccc1)C(F)(F)F. The molecule has 4 heteroatoms. The molecule has 0 saturated heterocycles. The molecule has 1 nitrogen and oxygen atoms in total. The van der Waals surface area contributed by atoms with Crippen LogP contribution in [0.3, 0.4) is 0 Å². The van der Waals surface area contributed by atoms with E-state index < -0.39 is 12.3 Å². The topological polar surface area (TPSA) is 20.2 Å². The molecule has 0 aliphatic carbocycles. The molecular weight excluding hydrogens is 205 g/mol. The number of rotatable bonds is 3. The van der Waals surface area contributed by atoms with Crippen LogP contribution in [0.1, 0.15) is 5.56 Å². The molecule has 0 aromatic heterocycles. The maximum atomic E-state index is 11.9. The minimum atomic E-state index is -4.58. The molecule has 1 aromatic rings. The van der Waals surface area contributed by atoms with Gasteiger partial charge in [0.1, 0.15) is 0 Å². The zero-order chi connectivity index (χ0) is 11.3. The van der Waals surface area contributed by atoms with Gasteiger partial charge in [-0.1, -0.05) is 42.5 Å². The Morgan fingerprint density at radius 1 is 1.20 bits per heavy atom. The Labute approximate surface area is 85.9 Å². The van der Waals surface area contributed by atoms with Crippen LogP contribution in [0.15, 0.2) is 42.5 Å². The Morgan fingerprint density at radius 2 is 1.80 bits per heavy atom. The Bertz CT molecular complexity index is 316. The molecular formula is C11H11F3O. The van der Waals surface area contributed by atoms with Gasteiger partial charge < -0.3 is 5.11 Å². The van der Waals surface area contributed by atoms with Crippen LogP contribution in [0.25, 0.3) is 0 Å². The van der Waals surface area contributed by atoms with Crippen molar-refractivity contribution in [1.29, 1.82) is 0 Å². The Kier molecular flexibility index (Phi) is 3.91. The lowest BCUT2D eigenvalue weighted by Crippen LogP contribution is -2.26. The van der Waals surface area contributed by atoms with E-state index in [2.05, 4.69) is 0 Å². The van der Waals surface area contributed by atoms with Crippen molar-refractivity contribution >= 4 is 0 Å². The summed E-state index contributed by atoms with van der Waals surface area (Å²) in [6.07, 6.45) is -4.50. The van der Waals surface area contributed by atoms with Gasteiger partial charge in [0, 0.05) is 0 Å². The second kappa shape index (κ2) is 4.98. The molecule has 82 valence electrons. The van der Waals surface area contributed by atoms with Crippen LogP contribution >= 0.6 is 0 Å². The van der Waals surface area contributed by atoms with Gasteiger partial charge in [0.2, 0.25) is 0 Å². The number of benzene rings is 1. The zero-order valence-corrected chi connectivity index (χ0v) is 7.91. The van der Waals surface area contributed by atoms with Gasteiger partial charge in [0.05, 0.1) is 0 Å². The van der Waals surface area contributed by atoms with Gasteiger partial charge in [-0.05, 0) is 12.0 Å². The summed E-state index contributed by atoms with van der Waals surface area (Å²) in [7, 11) is 0. The first kappa shape index (κ1) is 11.8. The summed E-state index contributed by atoms with van der Waals surface area (Å²) in [6, 6.07) is 9.07. The van der Waals surface area contributed by atoms with Gasteiger partial charge >= 0.3 is 6.18 Å². The fraction of sp³-hybridized carbons (Fsp3) is 0.273. The summed E-state index contributed by atoms with van der Waals surface area (Å²) in [6.45, 7) is 0. The molecule has 1 rings (SSSR count). The molecule has 0 heterocycles. The van der Waals surface area contributed by atoms with Gasteiger partial charge in [-0.2, -0.15) is 13.2 Å². The number of aliphatic hydroxyl groups excluding tert-OH is 1. The lowest BCUT2D eigenvalue weighted by Gasteiger charge is -2.09. The maximum absolute atomic E-state index is 11.9. The van der Waals surface area contributed by atoms with Crippen molar-refractivity contribution in [3.05, 3.63) is 48.0 Å². The van der Waals surface area contributed by atoms with Crippen molar-refractivity contribution in [2.45, 2.75) is 18.7 Å². The second-order valence-corrected chi connectivity index (χ2v) is 3.10. The van der Waals surface area contributed by atoms with Crippen LogP contribution in [-0.2, 0) is 6.42 Å². The van der Waals surface area contributed by atoms with Crippen molar-refractivity contribution in [1.82, 2.24) is 0 Å². The van der Waals surface area contributed by atoms with Crippen molar-refractivity contribution in [3.63, 3.8) is 0 Å². The molecule has 0 fully saturated rings. The van der Waals surface area contributed by atoms with Crippen molar-refractivity contribution < 1.29 is 18.3 Å². The van der Waals surface area contributed by atoms with Crippen LogP contribution in [0.4, 0.5) is 13.2 Å². The largest absolute Gasteiger partial charge is 0.417 e. The summed E-state index contributed by atoms with van der Waals surface area (Å²) in [5, 5.41) is 8.65. The van der Waals surface area contributed by atoms with E-state index in [1.165, 1.54) is 6.08 Å². The van der Waals surface area contributed by atoms with E-state index in [1.807, 2.05) is 30.3 Å². The Morgan fingerprint density at radius 3 is 2.33 bits per heavy atom. The Hall–Kier alpha value is -1.29. The van der Waals surface area contributed by atoms with Crippen LogP contribution in [-0.4, -0.2) is 17.4 Å². The van der Waals surface area contributed by atoms with Crippen molar-refractivity contribution in [2.24, 2.45) is 0 Å². The standard InChI is InChI=1S/C11H11F3O/c12-11(13,14)10(15)8-4-7-9-5-2-1-3-6-9/h1-6,8,10,15H,7H2/b8-4+. The highest BCUT2D eigenvalue weighted by atomic mass is 19.4. The fourth-order valence-electron chi connectivity index (χ4n) is 1.06. The number of alkyl halides is 3. The summed E-state index contributed by atoms with van der Waals surface area (Å²) in [5.74, 6) is 0. The molecule has 0 aliphatic rings. The Balaban J connectivity index is 2.47. The molecule has 0 amide bonds. The molecule has 1 aromatic carbocycles. The summed E-state index contributed by atoms with van der Waals surface area (Å²) in [4.78, 5) is 0. The van der Waals surface area contributed by atoms with E-state index in [1.54, 1.807) is 0 Å². The monoisotopic (exact) mass is 216 g/mol. The minimum Gasteiger partial charge on any atom is -0.380 e. The van der Waals surface area contributed by atoms with E-state index in [0.717, 1.165) is 11.6 Å². The van der Waals surface area contributed by atoms with E-state index >= 15 is 0 Å². The molecule has 0 spiro atoms. The van der Waals surface area contributed by atoms with E-state index in [0.29, 0.717) is 6.42 Å². The van der Waals surface area contributed by atoms with Gasteiger partial charge in [0.15, 0.2) is 6.10 Å². The highest BCUT2D eigenvalue weighted by molar-refractivity contribution is 5.17. The van der Waals surface area contributed by atoms with E-state index in [9.17, 15) is 13.2 Å². The van der Waals surface area contributed by atoms with Crippen molar-refractivity contribution in [3.8, 4) is 0 Å². The average molecular weight is 216 g/mol. The third-order valence-electron chi connectivity index (χ3n) is 1.85. The van der Waals surface area contributed by atoms with Crippen LogP contribution in [0.5, 0.6) is 0 Å². The predicted octanol–water partition coefficient (Wildman–Crippen LogP) is 2.71. The first-order chi connectivity index (χ1) is 7.00. The molecule has 1 atom stereocenters. The van der Waals surface area contributed by atoms with Gasteiger partial charge in [-0.3, -0.25) is 0 Å². The maximum Gasteiger partial charge on any atom is 0.417 e. The summed E-state index contributed by atoms with van der Waals surface area (Å²) < 4.78 is 35.6. The smallest absolute Gasteiger partial charge is 0.380 e. The highest BCUT2D eigenvalue weighted by Crippen LogP contribution is 2.20. The molecule has 0 bridgehead atoms. The zero-order valence-electron chi connectivity index (χ0n) is 7.91. The van der Waals surface area contributed by atoms with Gasteiger partial charge in [-0.25, -0.2) is 0 Å². The van der Waals surface area contributed by atoms with Crippen LogP contribution in [0.2, 0.25) is 0 Å². The number of hydrogen-bond donors (Lipinski definition) is 1. The molecule has 15 heavy (non-hydrogen) atoms. The van der Waals surface area contributed by atoms with Crippen molar-refractivity contribution in [2.75, 3.05) is 0 Å². The van der Waals surface area contributed by atoms with Crippen LogP contribution < -0.4 is 0 Å². The number of hydrogen-bond acceptors (Lipinski definition) is 1. The lowest BCUT2D eigenvalue weighted by molar-refractivity contribution is -0.187. The third-order valence-corrected chi connectivity index (χ3v) is 1.85.